The van der Waals surface area contributed by atoms with Crippen LogP contribution in [0.25, 0.3) is 0 Å². The fraction of sp³-hybridized carbons (Fsp3) is 0.875. The maximum absolute atomic E-state index is 5.38. The van der Waals surface area contributed by atoms with Gasteiger partial charge in [-0.1, -0.05) is 53.7 Å². The Morgan fingerprint density at radius 3 is 1.86 bits per heavy atom. The van der Waals surface area contributed by atoms with Gasteiger partial charge in [-0.25, -0.2) is 4.68 Å². The molecule has 0 aliphatic rings. The van der Waals surface area contributed by atoms with Crippen molar-refractivity contribution in [2.24, 2.45) is 0 Å². The van der Waals surface area contributed by atoms with Crippen LogP contribution < -0.4 is 0 Å². The maximum Gasteiger partial charge on any atom is 0.0796 e. The van der Waals surface area contributed by atoms with Gasteiger partial charge < -0.3 is 9.47 Å². The smallest absolute Gasteiger partial charge is 0.0796 e. The van der Waals surface area contributed by atoms with Crippen molar-refractivity contribution in [3.8, 4) is 0 Å². The standard InChI is InChI=1S/C10H19N3O2.3C2H6/c1-3-5-14-7-8-15-6-4-13-9-10(2)11-12-13;3*1-2/h9H,3-8H2,1-2H3;3*1-2H3. The second-order valence-electron chi connectivity index (χ2n) is 3.35. The van der Waals surface area contributed by atoms with E-state index in [1.54, 1.807) is 4.68 Å². The predicted octanol–water partition coefficient (Wildman–Crippen LogP) is 4.11. The Balaban J connectivity index is -0.000000478. The molecule has 0 bridgehead atoms. The molecule has 0 spiro atoms. The first-order valence-electron chi connectivity index (χ1n) is 8.35. The van der Waals surface area contributed by atoms with Crippen molar-refractivity contribution in [2.45, 2.75) is 68.4 Å². The van der Waals surface area contributed by atoms with E-state index in [0.717, 1.165) is 25.3 Å². The molecule has 0 saturated heterocycles. The van der Waals surface area contributed by atoms with Crippen molar-refractivity contribution in [1.82, 2.24) is 15.0 Å². The van der Waals surface area contributed by atoms with Crippen LogP contribution in [0, 0.1) is 6.92 Å². The minimum atomic E-state index is 0.647. The molecule has 0 unspecified atom stereocenters. The third kappa shape index (κ3) is 19.1. The van der Waals surface area contributed by atoms with Crippen LogP contribution in [0.4, 0.5) is 0 Å². The molecule has 1 aromatic heterocycles. The molecule has 0 atom stereocenters. The van der Waals surface area contributed by atoms with E-state index in [1.165, 1.54) is 0 Å². The highest BCUT2D eigenvalue weighted by molar-refractivity contribution is 4.86. The monoisotopic (exact) mass is 303 g/mol. The fourth-order valence-electron chi connectivity index (χ4n) is 1.13. The zero-order chi connectivity index (χ0) is 16.9. The van der Waals surface area contributed by atoms with Gasteiger partial charge in [0.05, 0.1) is 32.1 Å². The number of nitrogens with zero attached hydrogens (tertiary/aromatic N) is 3. The molecular formula is C16H37N3O2. The lowest BCUT2D eigenvalue weighted by Gasteiger charge is -2.04. The Morgan fingerprint density at radius 1 is 0.905 bits per heavy atom. The Labute approximate surface area is 132 Å². The van der Waals surface area contributed by atoms with Crippen molar-refractivity contribution in [2.75, 3.05) is 26.4 Å². The summed E-state index contributed by atoms with van der Waals surface area (Å²) in [5.74, 6) is 0. The highest BCUT2D eigenvalue weighted by atomic mass is 16.5. The van der Waals surface area contributed by atoms with Crippen LogP contribution in [0.3, 0.4) is 0 Å². The number of hydrogen-bond donors (Lipinski definition) is 0. The lowest BCUT2D eigenvalue weighted by atomic mass is 10.5. The molecule has 0 N–H and O–H groups in total. The van der Waals surface area contributed by atoms with Gasteiger partial charge in [0.2, 0.25) is 0 Å². The number of aromatic nitrogens is 3. The molecule has 0 amide bonds. The van der Waals surface area contributed by atoms with E-state index < -0.39 is 0 Å². The van der Waals surface area contributed by atoms with Gasteiger partial charge in [-0.3, -0.25) is 0 Å². The van der Waals surface area contributed by atoms with Crippen molar-refractivity contribution < 1.29 is 9.47 Å². The quantitative estimate of drug-likeness (QED) is 0.678. The Morgan fingerprint density at radius 2 is 1.43 bits per heavy atom. The van der Waals surface area contributed by atoms with E-state index in [1.807, 2.05) is 54.7 Å². The van der Waals surface area contributed by atoms with Crippen molar-refractivity contribution in [1.29, 1.82) is 0 Å². The van der Waals surface area contributed by atoms with Gasteiger partial charge in [-0.2, -0.15) is 0 Å². The van der Waals surface area contributed by atoms with Crippen LogP contribution in [0.1, 0.15) is 60.6 Å². The summed E-state index contributed by atoms with van der Waals surface area (Å²) in [5, 5.41) is 7.81. The van der Waals surface area contributed by atoms with Crippen LogP contribution in [0.2, 0.25) is 0 Å². The zero-order valence-electron chi connectivity index (χ0n) is 15.5. The van der Waals surface area contributed by atoms with E-state index in [4.69, 9.17) is 9.47 Å². The lowest BCUT2D eigenvalue weighted by Crippen LogP contribution is -2.10. The van der Waals surface area contributed by atoms with Crippen LogP contribution in [0.15, 0.2) is 6.20 Å². The Bertz CT molecular complexity index is 266. The molecule has 21 heavy (non-hydrogen) atoms. The highest BCUT2D eigenvalue weighted by Crippen LogP contribution is 1.89. The van der Waals surface area contributed by atoms with Gasteiger partial charge in [0.15, 0.2) is 0 Å². The van der Waals surface area contributed by atoms with Crippen LogP contribution in [-0.2, 0) is 16.0 Å². The van der Waals surface area contributed by atoms with Crippen molar-refractivity contribution >= 4 is 0 Å². The number of ether oxygens (including phenoxy) is 2. The van der Waals surface area contributed by atoms with E-state index in [2.05, 4.69) is 17.2 Å². The summed E-state index contributed by atoms with van der Waals surface area (Å²) in [6, 6.07) is 0. The van der Waals surface area contributed by atoms with Crippen LogP contribution in [0.5, 0.6) is 0 Å². The first kappa shape index (κ1) is 25.0. The molecule has 0 aliphatic heterocycles. The lowest BCUT2D eigenvalue weighted by molar-refractivity contribution is 0.0441. The first-order chi connectivity index (χ1) is 10.3. The molecule has 1 heterocycles. The van der Waals surface area contributed by atoms with Gasteiger partial charge in [0.25, 0.3) is 0 Å². The molecule has 0 fully saturated rings. The van der Waals surface area contributed by atoms with Crippen molar-refractivity contribution in [3.05, 3.63) is 11.9 Å². The number of hydrogen-bond acceptors (Lipinski definition) is 4. The second-order valence-corrected chi connectivity index (χ2v) is 3.35. The summed E-state index contributed by atoms with van der Waals surface area (Å²) in [6.45, 7) is 19.5. The fourth-order valence-corrected chi connectivity index (χ4v) is 1.13. The van der Waals surface area contributed by atoms with Gasteiger partial charge in [-0.05, 0) is 13.3 Å². The average molecular weight is 303 g/mol. The summed E-state index contributed by atoms with van der Waals surface area (Å²) in [6.07, 6.45) is 2.95. The van der Waals surface area contributed by atoms with Crippen LogP contribution in [-0.4, -0.2) is 41.4 Å². The Hall–Kier alpha value is -0.940. The van der Waals surface area contributed by atoms with Crippen molar-refractivity contribution in [3.63, 3.8) is 0 Å². The number of rotatable bonds is 8. The molecule has 128 valence electrons. The molecule has 0 radical (unpaired) electrons. The largest absolute Gasteiger partial charge is 0.379 e. The normalized spacial score (nSPS) is 8.57. The topological polar surface area (TPSA) is 49.2 Å². The summed E-state index contributed by atoms with van der Waals surface area (Å²) in [5.41, 5.74) is 0.932. The summed E-state index contributed by atoms with van der Waals surface area (Å²) in [4.78, 5) is 0. The SMILES string of the molecule is CC.CC.CC.CCCOCCOCCn1cc(C)nn1. The molecule has 5 nitrogen and oxygen atoms in total. The predicted molar refractivity (Wildman–Crippen MR) is 90.7 cm³/mol. The van der Waals surface area contributed by atoms with E-state index in [-0.39, 0.29) is 0 Å². The van der Waals surface area contributed by atoms with Crippen LogP contribution >= 0.6 is 0 Å². The second kappa shape index (κ2) is 24.1. The van der Waals surface area contributed by atoms with Gasteiger partial charge >= 0.3 is 0 Å². The highest BCUT2D eigenvalue weighted by Gasteiger charge is 1.95. The minimum Gasteiger partial charge on any atom is -0.379 e. The maximum atomic E-state index is 5.38. The van der Waals surface area contributed by atoms with Gasteiger partial charge in [0, 0.05) is 12.8 Å². The van der Waals surface area contributed by atoms with E-state index in [0.29, 0.717) is 19.8 Å². The third-order valence-electron chi connectivity index (χ3n) is 1.84. The molecule has 5 heteroatoms. The summed E-state index contributed by atoms with van der Waals surface area (Å²) in [7, 11) is 0. The van der Waals surface area contributed by atoms with Gasteiger partial charge in [0.1, 0.15) is 0 Å². The van der Waals surface area contributed by atoms with E-state index >= 15 is 0 Å². The first-order valence-corrected chi connectivity index (χ1v) is 8.35. The zero-order valence-corrected chi connectivity index (χ0v) is 15.5. The molecule has 1 aromatic rings. The summed E-state index contributed by atoms with van der Waals surface area (Å²) >= 11 is 0. The molecule has 0 aliphatic carbocycles. The molecular weight excluding hydrogens is 266 g/mol. The minimum absolute atomic E-state index is 0.647. The molecule has 0 aromatic carbocycles. The molecule has 0 saturated carbocycles. The number of aryl methyl sites for hydroxylation is 1. The van der Waals surface area contributed by atoms with Gasteiger partial charge in [-0.15, -0.1) is 5.10 Å². The van der Waals surface area contributed by atoms with E-state index in [9.17, 15) is 0 Å². The third-order valence-corrected chi connectivity index (χ3v) is 1.84. The summed E-state index contributed by atoms with van der Waals surface area (Å²) < 4.78 is 12.4. The average Bonchev–Trinajstić information content (AvgIpc) is 2.98. The Kier molecular flexibility index (Phi) is 28.7. The molecule has 1 rings (SSSR count).